The van der Waals surface area contributed by atoms with Crippen molar-refractivity contribution in [3.05, 3.63) is 70.3 Å². The highest BCUT2D eigenvalue weighted by atomic mass is 19.1. The largest absolute Gasteiger partial charge is 0.394 e. The van der Waals surface area contributed by atoms with Crippen molar-refractivity contribution in [2.45, 2.75) is 62.2 Å². The molecule has 0 saturated heterocycles. The highest BCUT2D eigenvalue weighted by Gasteiger charge is 2.45. The highest BCUT2D eigenvalue weighted by Crippen LogP contribution is 2.52. The van der Waals surface area contributed by atoms with E-state index < -0.39 is 6.10 Å². The molecule has 2 bridgehead atoms. The average Bonchev–Trinajstić information content (AvgIpc) is 3.40. The van der Waals surface area contributed by atoms with Crippen molar-refractivity contribution in [3.8, 4) is 0 Å². The van der Waals surface area contributed by atoms with Crippen LogP contribution in [0.15, 0.2) is 36.5 Å². The van der Waals surface area contributed by atoms with Crippen LogP contribution in [-0.2, 0) is 4.74 Å². The third-order valence-corrected chi connectivity index (χ3v) is 8.15. The number of carbonyl (C=O) groups excluding carboxylic acids is 1. The van der Waals surface area contributed by atoms with Crippen LogP contribution in [0.1, 0.15) is 82.7 Å². The van der Waals surface area contributed by atoms with Gasteiger partial charge in [0.2, 0.25) is 0 Å². The number of rotatable bonds is 5. The van der Waals surface area contributed by atoms with Crippen LogP contribution in [0.25, 0.3) is 5.52 Å². The number of aliphatic hydroxyl groups is 2. The number of fused-ring (bicyclic) bond motifs is 9. The van der Waals surface area contributed by atoms with Gasteiger partial charge < -0.3 is 19.8 Å². The van der Waals surface area contributed by atoms with Gasteiger partial charge in [-0.1, -0.05) is 6.07 Å². The van der Waals surface area contributed by atoms with E-state index in [1.54, 1.807) is 24.1 Å². The van der Waals surface area contributed by atoms with Gasteiger partial charge in [0, 0.05) is 35.9 Å². The first-order valence-electron chi connectivity index (χ1n) is 12.4. The Morgan fingerprint density at radius 1 is 1.20 bits per heavy atom. The van der Waals surface area contributed by atoms with E-state index in [-0.39, 0.29) is 43.0 Å². The summed E-state index contributed by atoms with van der Waals surface area (Å²) in [5.41, 5.74) is 5.09. The number of benzene rings is 1. The molecule has 8 heteroatoms. The molecule has 1 aromatic carbocycles. The van der Waals surface area contributed by atoms with Gasteiger partial charge in [0.1, 0.15) is 11.9 Å². The normalized spacial score (nSPS) is 26.5. The number of nitrogens with zero attached hydrogens (tertiary/aromatic N) is 3. The predicted molar refractivity (Wildman–Crippen MR) is 127 cm³/mol. The van der Waals surface area contributed by atoms with Crippen LogP contribution in [0.2, 0.25) is 0 Å². The molecule has 1 saturated carbocycles. The smallest absolute Gasteiger partial charge is 0.254 e. The minimum absolute atomic E-state index is 0.103. The van der Waals surface area contributed by atoms with Crippen LogP contribution in [0, 0.1) is 5.82 Å². The van der Waals surface area contributed by atoms with Crippen LogP contribution < -0.4 is 0 Å². The molecule has 0 spiro atoms. The van der Waals surface area contributed by atoms with Crippen molar-refractivity contribution in [2.75, 3.05) is 20.3 Å². The van der Waals surface area contributed by atoms with E-state index in [9.17, 15) is 9.90 Å². The summed E-state index contributed by atoms with van der Waals surface area (Å²) in [5, 5.41) is 23.4. The Hall–Kier alpha value is -2.81. The molecule has 1 amide bonds. The zero-order chi connectivity index (χ0) is 24.3. The molecule has 2 N–H and O–H groups in total. The van der Waals surface area contributed by atoms with E-state index in [0.29, 0.717) is 23.5 Å². The topological polar surface area (TPSA) is 87.3 Å². The molecule has 6 rings (SSSR count). The highest BCUT2D eigenvalue weighted by molar-refractivity contribution is 5.97. The number of hydrogen-bond donors (Lipinski definition) is 2. The number of pyridine rings is 1. The first-order valence-corrected chi connectivity index (χ1v) is 12.4. The lowest BCUT2D eigenvalue weighted by Crippen LogP contribution is -2.30. The van der Waals surface area contributed by atoms with Crippen LogP contribution >= 0.6 is 0 Å². The van der Waals surface area contributed by atoms with Gasteiger partial charge in [-0.05, 0) is 67.9 Å². The van der Waals surface area contributed by atoms with E-state index in [4.69, 9.17) is 14.9 Å². The molecule has 35 heavy (non-hydrogen) atoms. The van der Waals surface area contributed by atoms with E-state index in [0.717, 1.165) is 42.5 Å². The molecule has 3 heterocycles. The molecular formula is C27H30FN3O4. The second-order valence-corrected chi connectivity index (χ2v) is 10.2. The molecule has 1 aliphatic heterocycles. The Balaban J connectivity index is 1.32. The number of aliphatic hydroxyl groups excluding tert-OH is 2. The molecule has 184 valence electrons. The Morgan fingerprint density at radius 2 is 2.00 bits per heavy atom. The maximum absolute atomic E-state index is 15.1. The van der Waals surface area contributed by atoms with Crippen molar-refractivity contribution in [1.82, 2.24) is 14.5 Å². The van der Waals surface area contributed by atoms with Gasteiger partial charge in [0.25, 0.3) is 5.91 Å². The monoisotopic (exact) mass is 479 g/mol. The summed E-state index contributed by atoms with van der Waals surface area (Å²) in [4.78, 5) is 14.8. The van der Waals surface area contributed by atoms with Crippen LogP contribution in [0.3, 0.4) is 0 Å². The molecule has 3 aliphatic rings. The van der Waals surface area contributed by atoms with Gasteiger partial charge in [-0.2, -0.15) is 5.10 Å². The molecule has 3 unspecified atom stereocenters. The lowest BCUT2D eigenvalue weighted by Gasteiger charge is -2.29. The molecule has 0 radical (unpaired) electrons. The number of ether oxygens (including phenoxy) is 1. The SMILES string of the molecule is CN1C(=O)c2cccc(F)c2C2CC1c1nn3ccc(C4CCC(OCC(O)CO)CC4)cc3c12. The maximum Gasteiger partial charge on any atom is 0.254 e. The van der Waals surface area contributed by atoms with Crippen LogP contribution in [0.5, 0.6) is 0 Å². The summed E-state index contributed by atoms with van der Waals surface area (Å²) in [6, 6.07) is 8.94. The fraction of sp³-hybridized carbons (Fsp3) is 0.481. The molecule has 3 aromatic rings. The van der Waals surface area contributed by atoms with Crippen LogP contribution in [-0.4, -0.2) is 63.1 Å². The molecule has 7 nitrogen and oxygen atoms in total. The lowest BCUT2D eigenvalue weighted by molar-refractivity contribution is -0.0412. The zero-order valence-corrected chi connectivity index (χ0v) is 19.7. The van der Waals surface area contributed by atoms with Gasteiger partial charge >= 0.3 is 0 Å². The maximum atomic E-state index is 15.1. The van der Waals surface area contributed by atoms with Gasteiger partial charge in [-0.3, -0.25) is 4.79 Å². The number of amides is 1. The third kappa shape index (κ3) is 3.66. The number of hydrogen-bond acceptors (Lipinski definition) is 5. The van der Waals surface area contributed by atoms with Crippen molar-refractivity contribution in [3.63, 3.8) is 0 Å². The van der Waals surface area contributed by atoms with E-state index in [2.05, 4.69) is 12.1 Å². The number of aromatic nitrogens is 2. The fourth-order valence-electron chi connectivity index (χ4n) is 6.28. The second kappa shape index (κ2) is 8.69. The number of halogens is 1. The third-order valence-electron chi connectivity index (χ3n) is 8.15. The van der Waals surface area contributed by atoms with E-state index in [1.165, 1.54) is 11.6 Å². The van der Waals surface area contributed by atoms with Crippen LogP contribution in [0.4, 0.5) is 4.39 Å². The first kappa shape index (κ1) is 22.6. The molecule has 3 atom stereocenters. The quantitative estimate of drug-likeness (QED) is 0.585. The lowest BCUT2D eigenvalue weighted by atomic mass is 9.82. The molecule has 2 aromatic heterocycles. The van der Waals surface area contributed by atoms with Crippen molar-refractivity contribution >= 4 is 11.4 Å². The summed E-state index contributed by atoms with van der Waals surface area (Å²) < 4.78 is 22.8. The van der Waals surface area contributed by atoms with Gasteiger partial charge in [0.05, 0.1) is 36.6 Å². The Kier molecular flexibility index (Phi) is 5.62. The minimum atomic E-state index is -0.827. The van der Waals surface area contributed by atoms with Gasteiger partial charge in [0.15, 0.2) is 0 Å². The van der Waals surface area contributed by atoms with Crippen molar-refractivity contribution in [2.24, 2.45) is 0 Å². The predicted octanol–water partition coefficient (Wildman–Crippen LogP) is 3.53. The Labute approximate surface area is 203 Å². The summed E-state index contributed by atoms with van der Waals surface area (Å²) in [7, 11) is 1.79. The molecule has 1 fully saturated rings. The van der Waals surface area contributed by atoms with Crippen molar-refractivity contribution in [1.29, 1.82) is 0 Å². The second-order valence-electron chi connectivity index (χ2n) is 10.2. The summed E-state index contributed by atoms with van der Waals surface area (Å²) in [5.74, 6) is -0.288. The van der Waals surface area contributed by atoms with E-state index in [1.807, 2.05) is 10.7 Å². The summed E-state index contributed by atoms with van der Waals surface area (Å²) >= 11 is 0. The minimum Gasteiger partial charge on any atom is -0.394 e. The Bertz CT molecular complexity index is 1280. The standard InChI is InChI=1S/C27H30FN3O4/c1-30-23-12-20(24-19(27(30)34)3-2-4-21(24)28)25-22-11-16(9-10-31(22)29-26(23)25)15-5-7-18(8-6-15)35-14-17(33)13-32/h2-4,9-11,15,17-18,20,23,32-33H,5-8,12-14H2,1H3. The van der Waals surface area contributed by atoms with E-state index >= 15 is 4.39 Å². The first-order chi connectivity index (χ1) is 17.0. The average molecular weight is 480 g/mol. The Morgan fingerprint density at radius 3 is 2.77 bits per heavy atom. The molecule has 2 aliphatic carbocycles. The van der Waals surface area contributed by atoms with Gasteiger partial charge in [-0.25, -0.2) is 8.91 Å². The molecular weight excluding hydrogens is 449 g/mol. The number of carbonyl (C=O) groups is 1. The summed E-state index contributed by atoms with van der Waals surface area (Å²) in [6.07, 6.45) is 5.68. The van der Waals surface area contributed by atoms with Gasteiger partial charge in [-0.15, -0.1) is 0 Å². The fourth-order valence-corrected chi connectivity index (χ4v) is 6.28. The zero-order valence-electron chi connectivity index (χ0n) is 19.7. The van der Waals surface area contributed by atoms with Crippen molar-refractivity contribution < 1.29 is 24.1 Å². The summed E-state index contributed by atoms with van der Waals surface area (Å²) in [6.45, 7) is -0.123.